The van der Waals surface area contributed by atoms with Crippen LogP contribution < -0.4 is 5.32 Å². The molecule has 82 valence electrons. The van der Waals surface area contributed by atoms with E-state index in [1.54, 1.807) is 6.26 Å². The molecule has 2 aliphatic carbocycles. The highest BCUT2D eigenvalue weighted by Gasteiger charge is 2.40. The highest BCUT2D eigenvalue weighted by molar-refractivity contribution is 5.04. The summed E-state index contributed by atoms with van der Waals surface area (Å²) < 4.78 is 5.05. The van der Waals surface area contributed by atoms with Gasteiger partial charge in [-0.25, -0.2) is 0 Å². The van der Waals surface area contributed by atoms with E-state index >= 15 is 0 Å². The quantitative estimate of drug-likeness (QED) is 0.772. The monoisotopic (exact) mass is 205 g/mol. The molecule has 0 aliphatic heterocycles. The Kier molecular flexibility index (Phi) is 2.53. The van der Waals surface area contributed by atoms with Gasteiger partial charge in [0.15, 0.2) is 0 Å². The molecule has 1 aromatic heterocycles. The first-order valence-electron chi connectivity index (χ1n) is 6.15. The van der Waals surface area contributed by atoms with E-state index in [9.17, 15) is 0 Å². The van der Waals surface area contributed by atoms with Gasteiger partial charge in [0.2, 0.25) is 0 Å². The van der Waals surface area contributed by atoms with Crippen LogP contribution >= 0.6 is 0 Å². The van der Waals surface area contributed by atoms with Crippen LogP contribution in [0.5, 0.6) is 0 Å². The minimum atomic E-state index is 0.965. The summed E-state index contributed by atoms with van der Waals surface area (Å²) in [5.41, 5.74) is 1.26. The number of hydrogen-bond acceptors (Lipinski definition) is 2. The van der Waals surface area contributed by atoms with Crippen molar-refractivity contribution in [3.05, 3.63) is 24.2 Å². The van der Waals surface area contributed by atoms with Gasteiger partial charge in [-0.15, -0.1) is 0 Å². The smallest absolute Gasteiger partial charge is 0.0947 e. The average molecular weight is 205 g/mol. The fraction of sp³-hybridized carbons (Fsp3) is 0.692. The van der Waals surface area contributed by atoms with Gasteiger partial charge in [0.05, 0.1) is 12.5 Å². The lowest BCUT2D eigenvalue weighted by atomic mass is 9.98. The minimum absolute atomic E-state index is 0.965. The van der Waals surface area contributed by atoms with E-state index in [-0.39, 0.29) is 0 Å². The molecular weight excluding hydrogens is 186 g/mol. The topological polar surface area (TPSA) is 25.2 Å². The molecule has 2 aliphatic rings. The average Bonchev–Trinajstić information content (AvgIpc) is 3.15. The van der Waals surface area contributed by atoms with Crippen LogP contribution in [-0.2, 0) is 6.54 Å². The maximum atomic E-state index is 5.05. The molecule has 0 aromatic carbocycles. The molecule has 1 aromatic rings. The Bertz CT molecular complexity index is 286. The predicted octanol–water partition coefficient (Wildman–Crippen LogP) is 2.81. The number of rotatable bonds is 6. The Balaban J connectivity index is 1.44. The third kappa shape index (κ3) is 2.43. The summed E-state index contributed by atoms with van der Waals surface area (Å²) >= 11 is 0. The van der Waals surface area contributed by atoms with Gasteiger partial charge in [-0.05, 0) is 56.0 Å². The standard InChI is InChI=1S/C13H19NO/c1-2-11(1)13(12-3-4-12)8-14-7-10-5-6-15-9-10/h5-6,9,11-14H,1-4,7-8H2. The van der Waals surface area contributed by atoms with Gasteiger partial charge in [-0.3, -0.25) is 0 Å². The van der Waals surface area contributed by atoms with E-state index in [4.69, 9.17) is 4.42 Å². The Labute approximate surface area is 91.0 Å². The van der Waals surface area contributed by atoms with Crippen LogP contribution in [0.25, 0.3) is 0 Å². The maximum absolute atomic E-state index is 5.05. The highest BCUT2D eigenvalue weighted by atomic mass is 16.3. The zero-order valence-corrected chi connectivity index (χ0v) is 9.11. The molecule has 15 heavy (non-hydrogen) atoms. The summed E-state index contributed by atoms with van der Waals surface area (Å²) in [6, 6.07) is 2.04. The van der Waals surface area contributed by atoms with Crippen molar-refractivity contribution in [3.8, 4) is 0 Å². The van der Waals surface area contributed by atoms with E-state index in [1.807, 2.05) is 12.3 Å². The summed E-state index contributed by atoms with van der Waals surface area (Å²) in [7, 11) is 0. The molecule has 0 unspecified atom stereocenters. The van der Waals surface area contributed by atoms with Gasteiger partial charge in [-0.1, -0.05) is 0 Å². The van der Waals surface area contributed by atoms with Crippen molar-refractivity contribution < 1.29 is 4.42 Å². The lowest BCUT2D eigenvalue weighted by Crippen LogP contribution is -2.25. The molecule has 2 heteroatoms. The van der Waals surface area contributed by atoms with Crippen LogP contribution in [0.4, 0.5) is 0 Å². The van der Waals surface area contributed by atoms with Crippen LogP contribution in [0.3, 0.4) is 0 Å². The molecule has 2 saturated carbocycles. The highest BCUT2D eigenvalue weighted by Crippen LogP contribution is 2.48. The fourth-order valence-electron chi connectivity index (χ4n) is 2.54. The second kappa shape index (κ2) is 4.01. The normalized spacial score (nSPS) is 21.1. The van der Waals surface area contributed by atoms with E-state index in [2.05, 4.69) is 5.32 Å². The van der Waals surface area contributed by atoms with Crippen LogP contribution in [0.15, 0.2) is 23.0 Å². The van der Waals surface area contributed by atoms with Crippen molar-refractivity contribution >= 4 is 0 Å². The molecule has 3 rings (SSSR count). The first-order chi connectivity index (χ1) is 7.43. The lowest BCUT2D eigenvalue weighted by molar-refractivity contribution is 0.378. The van der Waals surface area contributed by atoms with Crippen molar-refractivity contribution in [2.45, 2.75) is 32.2 Å². The van der Waals surface area contributed by atoms with Crippen molar-refractivity contribution in [1.82, 2.24) is 5.32 Å². The van der Waals surface area contributed by atoms with Crippen molar-refractivity contribution in [2.75, 3.05) is 6.54 Å². The molecule has 0 amide bonds. The molecule has 0 spiro atoms. The SMILES string of the molecule is c1cc(CNCC(C2CC2)C2CC2)co1. The number of nitrogens with one attached hydrogen (secondary N) is 1. The zero-order valence-electron chi connectivity index (χ0n) is 9.11. The van der Waals surface area contributed by atoms with Gasteiger partial charge >= 0.3 is 0 Å². The van der Waals surface area contributed by atoms with Gasteiger partial charge < -0.3 is 9.73 Å². The van der Waals surface area contributed by atoms with Crippen molar-refractivity contribution in [2.24, 2.45) is 17.8 Å². The Morgan fingerprint density at radius 2 is 2.00 bits per heavy atom. The largest absolute Gasteiger partial charge is 0.472 e. The second-order valence-electron chi connectivity index (χ2n) is 5.10. The van der Waals surface area contributed by atoms with Gasteiger partial charge in [-0.2, -0.15) is 0 Å². The second-order valence-corrected chi connectivity index (χ2v) is 5.10. The van der Waals surface area contributed by atoms with Gasteiger partial charge in [0.1, 0.15) is 0 Å². The third-order valence-corrected chi connectivity index (χ3v) is 3.74. The first-order valence-corrected chi connectivity index (χ1v) is 6.15. The molecule has 2 nitrogen and oxygen atoms in total. The van der Waals surface area contributed by atoms with Crippen molar-refractivity contribution in [1.29, 1.82) is 0 Å². The summed E-state index contributed by atoms with van der Waals surface area (Å²) in [6.45, 7) is 2.17. The summed E-state index contributed by atoms with van der Waals surface area (Å²) in [5, 5.41) is 3.57. The Morgan fingerprint density at radius 3 is 2.53 bits per heavy atom. The molecule has 0 radical (unpaired) electrons. The molecule has 0 bridgehead atoms. The molecule has 1 heterocycles. The summed E-state index contributed by atoms with van der Waals surface area (Å²) in [5.74, 6) is 3.07. The summed E-state index contributed by atoms with van der Waals surface area (Å²) in [6.07, 6.45) is 9.50. The minimum Gasteiger partial charge on any atom is -0.472 e. The number of hydrogen-bond donors (Lipinski definition) is 1. The van der Waals surface area contributed by atoms with Crippen LogP contribution in [-0.4, -0.2) is 6.54 Å². The lowest BCUT2D eigenvalue weighted by Gasteiger charge is -2.15. The predicted molar refractivity (Wildman–Crippen MR) is 59.4 cm³/mol. The third-order valence-electron chi connectivity index (χ3n) is 3.74. The number of furan rings is 1. The van der Waals surface area contributed by atoms with E-state index in [0.29, 0.717) is 0 Å². The molecule has 0 saturated heterocycles. The maximum Gasteiger partial charge on any atom is 0.0947 e. The van der Waals surface area contributed by atoms with E-state index in [1.165, 1.54) is 37.8 Å². The van der Waals surface area contributed by atoms with Crippen LogP contribution in [0, 0.1) is 17.8 Å². The van der Waals surface area contributed by atoms with Crippen LogP contribution in [0.1, 0.15) is 31.2 Å². The molecule has 1 N–H and O–H groups in total. The van der Waals surface area contributed by atoms with E-state index in [0.717, 1.165) is 24.3 Å². The van der Waals surface area contributed by atoms with Crippen LogP contribution in [0.2, 0.25) is 0 Å². The Morgan fingerprint density at radius 1 is 1.27 bits per heavy atom. The fourth-order valence-corrected chi connectivity index (χ4v) is 2.54. The Hall–Kier alpha value is -0.760. The van der Waals surface area contributed by atoms with E-state index < -0.39 is 0 Å². The summed E-state index contributed by atoms with van der Waals surface area (Å²) in [4.78, 5) is 0. The molecule has 0 atom stereocenters. The zero-order chi connectivity index (χ0) is 10.1. The first kappa shape index (κ1) is 9.46. The molecule has 2 fully saturated rings. The van der Waals surface area contributed by atoms with Gasteiger partial charge in [0, 0.05) is 12.1 Å². The van der Waals surface area contributed by atoms with Crippen molar-refractivity contribution in [3.63, 3.8) is 0 Å². The van der Waals surface area contributed by atoms with Gasteiger partial charge in [0.25, 0.3) is 0 Å². The molecular formula is C13H19NO.